The molecule has 1 amide bonds. The molecule has 1 saturated carbocycles. The molecule has 3 N–H and O–H groups in total. The average molecular weight is 226 g/mol. The molecule has 0 radical (unpaired) electrons. The second-order valence-corrected chi connectivity index (χ2v) is 5.43. The lowest BCUT2D eigenvalue weighted by Gasteiger charge is -2.31. The Bertz CT molecular complexity index is 232. The van der Waals surface area contributed by atoms with Crippen LogP contribution in [0.5, 0.6) is 0 Å². The Morgan fingerprint density at radius 3 is 2.50 bits per heavy atom. The zero-order valence-corrected chi connectivity index (χ0v) is 10.9. The molecule has 1 rings (SSSR count). The van der Waals surface area contributed by atoms with Crippen LogP contribution in [0.15, 0.2) is 0 Å². The summed E-state index contributed by atoms with van der Waals surface area (Å²) in [5.41, 5.74) is 5.21. The summed E-state index contributed by atoms with van der Waals surface area (Å²) in [6, 6.07) is 0.266. The monoisotopic (exact) mass is 226 g/mol. The molecule has 0 aliphatic heterocycles. The molecule has 1 fully saturated rings. The number of hydrogen-bond donors (Lipinski definition) is 2. The molecule has 2 atom stereocenters. The molecule has 16 heavy (non-hydrogen) atoms. The van der Waals surface area contributed by atoms with Crippen molar-refractivity contribution in [3.63, 3.8) is 0 Å². The van der Waals surface area contributed by atoms with Crippen LogP contribution in [0.1, 0.15) is 59.3 Å². The van der Waals surface area contributed by atoms with Gasteiger partial charge in [-0.05, 0) is 39.0 Å². The molecular formula is C13H26N2O. The molecule has 0 spiro atoms. The molecule has 0 heterocycles. The fourth-order valence-electron chi connectivity index (χ4n) is 2.28. The molecule has 0 aromatic carbocycles. The smallest absolute Gasteiger partial charge is 0.239 e. The first kappa shape index (κ1) is 13.5. The molecule has 0 aromatic heterocycles. The Hall–Kier alpha value is -0.570. The van der Waals surface area contributed by atoms with Gasteiger partial charge in [-0.2, -0.15) is 0 Å². The van der Waals surface area contributed by atoms with Crippen molar-refractivity contribution in [2.24, 2.45) is 11.7 Å². The molecular weight excluding hydrogens is 200 g/mol. The third-order valence-electron chi connectivity index (χ3n) is 3.97. The second-order valence-electron chi connectivity index (χ2n) is 5.43. The Morgan fingerprint density at radius 1 is 1.44 bits per heavy atom. The van der Waals surface area contributed by atoms with Crippen molar-refractivity contribution in [3.8, 4) is 0 Å². The third kappa shape index (κ3) is 3.48. The fourth-order valence-corrected chi connectivity index (χ4v) is 2.28. The molecule has 1 unspecified atom stereocenters. The van der Waals surface area contributed by atoms with E-state index in [0.29, 0.717) is 12.3 Å². The van der Waals surface area contributed by atoms with Gasteiger partial charge in [0.25, 0.3) is 0 Å². The van der Waals surface area contributed by atoms with Crippen molar-refractivity contribution < 1.29 is 4.79 Å². The minimum Gasteiger partial charge on any atom is -0.352 e. The van der Waals surface area contributed by atoms with Gasteiger partial charge in [-0.1, -0.05) is 26.2 Å². The zero-order valence-electron chi connectivity index (χ0n) is 10.9. The summed E-state index contributed by atoms with van der Waals surface area (Å²) < 4.78 is 0. The molecule has 0 bridgehead atoms. The highest BCUT2D eigenvalue weighted by molar-refractivity contribution is 5.85. The van der Waals surface area contributed by atoms with Gasteiger partial charge in [0.1, 0.15) is 0 Å². The van der Waals surface area contributed by atoms with Crippen LogP contribution in [0.2, 0.25) is 0 Å². The van der Waals surface area contributed by atoms with Crippen molar-refractivity contribution in [2.45, 2.75) is 70.9 Å². The van der Waals surface area contributed by atoms with Crippen LogP contribution >= 0.6 is 0 Å². The predicted molar refractivity (Wildman–Crippen MR) is 67.1 cm³/mol. The van der Waals surface area contributed by atoms with Gasteiger partial charge < -0.3 is 11.1 Å². The lowest BCUT2D eigenvalue weighted by Crippen LogP contribution is -2.54. The van der Waals surface area contributed by atoms with E-state index >= 15 is 0 Å². The molecule has 0 saturated heterocycles. The van der Waals surface area contributed by atoms with Gasteiger partial charge in [-0.3, -0.25) is 4.79 Å². The number of carbonyl (C=O) groups is 1. The third-order valence-corrected chi connectivity index (χ3v) is 3.97. The Kier molecular flexibility index (Phi) is 4.78. The largest absolute Gasteiger partial charge is 0.352 e. The van der Waals surface area contributed by atoms with Gasteiger partial charge in [0.2, 0.25) is 5.91 Å². The van der Waals surface area contributed by atoms with Crippen LogP contribution < -0.4 is 11.1 Å². The van der Waals surface area contributed by atoms with E-state index in [1.807, 2.05) is 6.92 Å². The van der Waals surface area contributed by atoms with Gasteiger partial charge in [0.15, 0.2) is 0 Å². The maximum atomic E-state index is 11.9. The van der Waals surface area contributed by atoms with Gasteiger partial charge in [-0.25, -0.2) is 0 Å². The van der Waals surface area contributed by atoms with E-state index in [2.05, 4.69) is 12.2 Å². The summed E-state index contributed by atoms with van der Waals surface area (Å²) in [6.45, 7) is 5.86. The summed E-state index contributed by atoms with van der Waals surface area (Å²) in [7, 11) is 0. The van der Waals surface area contributed by atoms with Gasteiger partial charge in [0, 0.05) is 6.04 Å². The number of amides is 1. The van der Waals surface area contributed by atoms with Crippen LogP contribution in [0.25, 0.3) is 0 Å². The lowest BCUT2D eigenvalue weighted by molar-refractivity contribution is -0.127. The van der Waals surface area contributed by atoms with E-state index < -0.39 is 5.54 Å². The first-order valence-electron chi connectivity index (χ1n) is 6.57. The summed E-state index contributed by atoms with van der Waals surface area (Å²) in [6.07, 6.45) is 7.12. The maximum Gasteiger partial charge on any atom is 0.239 e. The van der Waals surface area contributed by atoms with Gasteiger partial charge in [-0.15, -0.1) is 0 Å². The normalized spacial score (nSPS) is 23.5. The summed E-state index contributed by atoms with van der Waals surface area (Å²) in [5, 5.41) is 3.08. The summed E-state index contributed by atoms with van der Waals surface area (Å²) in [5.74, 6) is 0.637. The van der Waals surface area contributed by atoms with Crippen molar-refractivity contribution in [3.05, 3.63) is 0 Å². The van der Waals surface area contributed by atoms with E-state index in [9.17, 15) is 4.79 Å². The first-order valence-corrected chi connectivity index (χ1v) is 6.57. The summed E-state index contributed by atoms with van der Waals surface area (Å²) >= 11 is 0. The molecule has 3 heteroatoms. The number of rotatable bonds is 4. The van der Waals surface area contributed by atoms with E-state index in [1.165, 1.54) is 32.1 Å². The van der Waals surface area contributed by atoms with Crippen molar-refractivity contribution in [1.29, 1.82) is 0 Å². The van der Waals surface area contributed by atoms with Crippen LogP contribution in [-0.2, 0) is 4.79 Å². The minimum atomic E-state index is -0.719. The number of carbonyl (C=O) groups excluding carboxylic acids is 1. The first-order chi connectivity index (χ1) is 7.47. The highest BCUT2D eigenvalue weighted by Gasteiger charge is 2.29. The van der Waals surface area contributed by atoms with Crippen molar-refractivity contribution in [2.75, 3.05) is 0 Å². The molecule has 1 aliphatic carbocycles. The Morgan fingerprint density at radius 2 is 2.00 bits per heavy atom. The van der Waals surface area contributed by atoms with Crippen molar-refractivity contribution in [1.82, 2.24) is 5.32 Å². The summed E-state index contributed by atoms with van der Waals surface area (Å²) in [4.78, 5) is 11.9. The van der Waals surface area contributed by atoms with Gasteiger partial charge in [0.05, 0.1) is 5.54 Å². The average Bonchev–Trinajstić information content (AvgIpc) is 2.30. The number of nitrogens with two attached hydrogens (primary N) is 1. The highest BCUT2D eigenvalue weighted by atomic mass is 16.2. The SMILES string of the molecule is CCC(C)(N)C(=O)N[C@H](C)C1CCCCC1. The van der Waals surface area contributed by atoms with Crippen molar-refractivity contribution >= 4 is 5.91 Å². The van der Waals surface area contributed by atoms with Crippen LogP contribution in [0, 0.1) is 5.92 Å². The van der Waals surface area contributed by atoms with Crippen LogP contribution in [0.4, 0.5) is 0 Å². The topological polar surface area (TPSA) is 55.1 Å². The molecule has 0 aromatic rings. The highest BCUT2D eigenvalue weighted by Crippen LogP contribution is 2.26. The standard InChI is InChI=1S/C13H26N2O/c1-4-13(3,14)12(16)15-10(2)11-8-6-5-7-9-11/h10-11H,4-9,14H2,1-3H3,(H,15,16)/t10-,13?/m1/s1. The number of hydrogen-bond acceptors (Lipinski definition) is 2. The molecule has 1 aliphatic rings. The van der Waals surface area contributed by atoms with Crippen LogP contribution in [-0.4, -0.2) is 17.5 Å². The lowest BCUT2D eigenvalue weighted by atomic mass is 9.84. The van der Waals surface area contributed by atoms with E-state index in [0.717, 1.165) is 0 Å². The predicted octanol–water partition coefficient (Wildman–Crippen LogP) is 2.20. The Labute approximate surface area is 99.2 Å². The van der Waals surface area contributed by atoms with E-state index in [1.54, 1.807) is 6.92 Å². The van der Waals surface area contributed by atoms with Crippen LogP contribution in [0.3, 0.4) is 0 Å². The van der Waals surface area contributed by atoms with E-state index in [4.69, 9.17) is 5.73 Å². The quantitative estimate of drug-likeness (QED) is 0.772. The maximum absolute atomic E-state index is 11.9. The van der Waals surface area contributed by atoms with E-state index in [-0.39, 0.29) is 11.9 Å². The molecule has 94 valence electrons. The molecule has 3 nitrogen and oxygen atoms in total. The second kappa shape index (κ2) is 5.67. The number of nitrogens with one attached hydrogen (secondary N) is 1. The van der Waals surface area contributed by atoms with Gasteiger partial charge >= 0.3 is 0 Å². The Balaban J connectivity index is 2.43. The zero-order chi connectivity index (χ0) is 12.2. The fraction of sp³-hybridized carbons (Fsp3) is 0.923. The minimum absolute atomic E-state index is 0.00641.